The Balaban J connectivity index is 1.49. The first kappa shape index (κ1) is 57.0. The van der Waals surface area contributed by atoms with Crippen LogP contribution >= 0.6 is 0 Å². The molecule has 0 N–H and O–H groups in total. The highest BCUT2D eigenvalue weighted by Crippen LogP contribution is 2.59. The number of nitrogens with zero attached hydrogens (tertiary/aromatic N) is 2. The van der Waals surface area contributed by atoms with Crippen LogP contribution in [0, 0.1) is 33.5 Å². The van der Waals surface area contributed by atoms with Crippen molar-refractivity contribution in [2.24, 2.45) is 10.8 Å². The van der Waals surface area contributed by atoms with Crippen molar-refractivity contribution in [1.82, 2.24) is 0 Å². The third-order valence-electron chi connectivity index (χ3n) is 17.6. The molecule has 0 fully saturated rings. The Morgan fingerprint density at radius 1 is 0.389 bits per heavy atom. The van der Waals surface area contributed by atoms with Gasteiger partial charge in [0, 0.05) is 38.3 Å². The van der Waals surface area contributed by atoms with Crippen molar-refractivity contribution in [1.29, 1.82) is 10.5 Å². The molecule has 72 heavy (non-hydrogen) atoms. The van der Waals surface area contributed by atoms with Crippen molar-refractivity contribution in [3.63, 3.8) is 0 Å². The first-order valence-corrected chi connectivity index (χ1v) is 27.3. The van der Waals surface area contributed by atoms with E-state index in [0.29, 0.717) is 39.6 Å². The van der Waals surface area contributed by atoms with E-state index in [0.717, 1.165) is 64.2 Å². The molecule has 2 aliphatic carbocycles. The van der Waals surface area contributed by atoms with Gasteiger partial charge in [-0.15, -0.1) is 0 Å². The van der Waals surface area contributed by atoms with Crippen LogP contribution in [0.1, 0.15) is 206 Å². The highest BCUT2D eigenvalue weighted by molar-refractivity contribution is 5.83. The van der Waals surface area contributed by atoms with Crippen molar-refractivity contribution in [3.8, 4) is 34.4 Å². The standard InChI is InChI=1S/C66H92N2O4/c1-59(2,3)47-21-25-51-53-27-23-49(43-57(53)65(55(51)41-47,31-19-17-29-61(7,8)45-67)32-20-18-30-62(9,10)46-68)63(11,12)64(13,14)50-24-28-54-52-26-22-48(60(4,5)6)42-56(52)66(58(54)44-50,33-35-71-39-37-69-15)34-36-72-40-38-70-16/h21-28,41-44H,17-20,29-40H2,1-16H3. The SMILES string of the molecule is COCCOCCC1(CCOCCOC)c2cc(C(C)(C)C)ccc2-c2ccc(C(C)(C)C(C)(C)c3ccc4c(c3)C(CCCCC(C)(C)C#N)(CCCCC(C)(C)C#N)c3cc(C(C)(C)C)ccc3-4)cc21. The minimum atomic E-state index is -0.352. The summed E-state index contributed by atoms with van der Waals surface area (Å²) in [5.41, 5.74) is 14.5. The lowest BCUT2D eigenvalue weighted by Crippen LogP contribution is -2.41. The van der Waals surface area contributed by atoms with Gasteiger partial charge >= 0.3 is 0 Å². The molecule has 0 aliphatic heterocycles. The summed E-state index contributed by atoms with van der Waals surface area (Å²) in [6.45, 7) is 35.5. The maximum Gasteiger partial charge on any atom is 0.0700 e. The summed E-state index contributed by atoms with van der Waals surface area (Å²) in [5.74, 6) is 0. The molecule has 390 valence electrons. The van der Waals surface area contributed by atoms with E-state index in [1.54, 1.807) is 14.2 Å². The fraction of sp³-hybridized carbons (Fsp3) is 0.606. The van der Waals surface area contributed by atoms with Crippen molar-refractivity contribution < 1.29 is 18.9 Å². The molecule has 4 aromatic carbocycles. The number of rotatable bonds is 25. The number of methoxy groups -OCH3 is 2. The number of hydrogen-bond acceptors (Lipinski definition) is 6. The minimum Gasteiger partial charge on any atom is -0.382 e. The molecule has 0 spiro atoms. The van der Waals surface area contributed by atoms with Crippen LogP contribution in [0.4, 0.5) is 0 Å². The quantitative estimate of drug-likeness (QED) is 0.0615. The summed E-state index contributed by atoms with van der Waals surface area (Å²) in [6.07, 6.45) is 9.55. The molecule has 0 unspecified atom stereocenters. The van der Waals surface area contributed by atoms with Crippen molar-refractivity contribution >= 4 is 0 Å². The maximum atomic E-state index is 9.99. The zero-order valence-corrected chi connectivity index (χ0v) is 47.8. The Kier molecular flexibility index (Phi) is 17.6. The second kappa shape index (κ2) is 22.3. The van der Waals surface area contributed by atoms with Crippen LogP contribution in [0.5, 0.6) is 0 Å². The summed E-state index contributed by atoms with van der Waals surface area (Å²) < 4.78 is 23.5. The van der Waals surface area contributed by atoms with E-state index in [4.69, 9.17) is 18.9 Å². The minimum absolute atomic E-state index is 0.00186. The van der Waals surface area contributed by atoms with Gasteiger partial charge in [0.05, 0.1) is 49.4 Å². The largest absolute Gasteiger partial charge is 0.382 e. The van der Waals surface area contributed by atoms with Gasteiger partial charge < -0.3 is 18.9 Å². The van der Waals surface area contributed by atoms with E-state index < -0.39 is 0 Å². The predicted molar refractivity (Wildman–Crippen MR) is 299 cm³/mol. The summed E-state index contributed by atoms with van der Waals surface area (Å²) >= 11 is 0. The molecular formula is C66H92N2O4. The fourth-order valence-corrected chi connectivity index (χ4v) is 11.8. The average molecular weight is 977 g/mol. The fourth-order valence-electron chi connectivity index (χ4n) is 11.8. The summed E-state index contributed by atoms with van der Waals surface area (Å²) in [5, 5.41) is 20.0. The molecule has 0 bridgehead atoms. The molecule has 6 nitrogen and oxygen atoms in total. The number of nitriles is 2. The molecule has 0 atom stereocenters. The first-order valence-electron chi connectivity index (χ1n) is 27.3. The molecular weight excluding hydrogens is 885 g/mol. The highest BCUT2D eigenvalue weighted by atomic mass is 16.5. The summed E-state index contributed by atoms with van der Waals surface area (Å²) in [6, 6.07) is 34.5. The molecule has 4 aromatic rings. The van der Waals surface area contributed by atoms with E-state index in [2.05, 4.69) is 182 Å². The van der Waals surface area contributed by atoms with Crippen LogP contribution in [-0.2, 0) is 51.4 Å². The van der Waals surface area contributed by atoms with E-state index in [9.17, 15) is 10.5 Å². The van der Waals surface area contributed by atoms with E-state index in [1.165, 1.54) is 66.8 Å². The maximum absolute atomic E-state index is 9.99. The molecule has 0 saturated carbocycles. The Bertz CT molecular complexity index is 2540. The number of benzene rings is 4. The topological polar surface area (TPSA) is 84.5 Å². The lowest BCUT2D eigenvalue weighted by Gasteiger charge is -2.44. The monoisotopic (exact) mass is 977 g/mol. The predicted octanol–water partition coefficient (Wildman–Crippen LogP) is 16.4. The lowest BCUT2D eigenvalue weighted by atomic mass is 9.59. The van der Waals surface area contributed by atoms with Crippen LogP contribution in [0.3, 0.4) is 0 Å². The van der Waals surface area contributed by atoms with Gasteiger partial charge in [-0.1, -0.05) is 168 Å². The Labute approximate surface area is 437 Å². The molecule has 0 saturated heterocycles. The van der Waals surface area contributed by atoms with E-state index in [-0.39, 0.29) is 43.3 Å². The molecule has 2 aliphatic rings. The van der Waals surface area contributed by atoms with Crippen LogP contribution in [0.2, 0.25) is 0 Å². The van der Waals surface area contributed by atoms with E-state index >= 15 is 0 Å². The van der Waals surface area contributed by atoms with Crippen molar-refractivity contribution in [2.75, 3.05) is 53.9 Å². The number of hydrogen-bond donors (Lipinski definition) is 0. The Morgan fingerprint density at radius 2 is 0.694 bits per heavy atom. The highest BCUT2D eigenvalue weighted by Gasteiger charge is 2.48. The molecule has 0 aromatic heterocycles. The smallest absolute Gasteiger partial charge is 0.0700 e. The molecule has 0 heterocycles. The average Bonchev–Trinajstić information content (AvgIpc) is 3.76. The first-order chi connectivity index (χ1) is 33.7. The van der Waals surface area contributed by atoms with Crippen molar-refractivity contribution in [2.45, 2.75) is 194 Å². The molecule has 6 heteroatoms. The number of ether oxygens (including phenoxy) is 4. The van der Waals surface area contributed by atoms with Gasteiger partial charge in [-0.3, -0.25) is 0 Å². The normalized spacial score (nSPS) is 15.1. The third-order valence-corrected chi connectivity index (χ3v) is 17.6. The number of unbranched alkanes of at least 4 members (excludes halogenated alkanes) is 2. The Hall–Kier alpha value is -4.30. The van der Waals surface area contributed by atoms with Crippen molar-refractivity contribution in [3.05, 3.63) is 117 Å². The second-order valence-corrected chi connectivity index (χ2v) is 26.1. The van der Waals surface area contributed by atoms with Crippen LogP contribution in [0.15, 0.2) is 72.8 Å². The van der Waals surface area contributed by atoms with E-state index in [1.807, 2.05) is 0 Å². The summed E-state index contributed by atoms with van der Waals surface area (Å²) in [7, 11) is 3.46. The second-order valence-electron chi connectivity index (χ2n) is 26.1. The zero-order valence-electron chi connectivity index (χ0n) is 47.8. The van der Waals surface area contributed by atoms with Crippen LogP contribution in [0.25, 0.3) is 22.3 Å². The van der Waals surface area contributed by atoms with Gasteiger partial charge in [-0.25, -0.2) is 0 Å². The molecule has 6 rings (SSSR count). The molecule has 0 amide bonds. The zero-order chi connectivity index (χ0) is 53.0. The Morgan fingerprint density at radius 3 is 1.00 bits per heavy atom. The van der Waals surface area contributed by atoms with Gasteiger partial charge in [0.2, 0.25) is 0 Å². The van der Waals surface area contributed by atoms with Gasteiger partial charge in [-0.2, -0.15) is 10.5 Å². The third kappa shape index (κ3) is 11.8. The number of fused-ring (bicyclic) bond motifs is 6. The van der Waals surface area contributed by atoms with Gasteiger partial charge in [-0.05, 0) is 155 Å². The molecule has 0 radical (unpaired) electrons. The lowest BCUT2D eigenvalue weighted by molar-refractivity contribution is 0.0490. The van der Waals surface area contributed by atoms with Crippen LogP contribution < -0.4 is 0 Å². The van der Waals surface area contributed by atoms with Gasteiger partial charge in [0.25, 0.3) is 0 Å². The van der Waals surface area contributed by atoms with Crippen LogP contribution in [-0.4, -0.2) is 53.9 Å². The van der Waals surface area contributed by atoms with Gasteiger partial charge in [0.15, 0.2) is 0 Å². The summed E-state index contributed by atoms with van der Waals surface area (Å²) in [4.78, 5) is 0. The van der Waals surface area contributed by atoms with Gasteiger partial charge in [0.1, 0.15) is 0 Å².